The van der Waals surface area contributed by atoms with E-state index in [1.165, 1.54) is 13.8 Å². The molecular weight excluding hydrogens is 270 g/mol. The first-order valence-electron chi connectivity index (χ1n) is 4.81. The van der Waals surface area contributed by atoms with Crippen molar-refractivity contribution in [1.82, 2.24) is 0 Å². The van der Waals surface area contributed by atoms with Gasteiger partial charge in [-0.05, 0) is 19.9 Å². The summed E-state index contributed by atoms with van der Waals surface area (Å²) in [5, 5.41) is 9.68. The molecule has 0 fully saturated rings. The van der Waals surface area contributed by atoms with Crippen LogP contribution < -0.4 is 4.72 Å². The Kier molecular flexibility index (Phi) is 3.85. The molecule has 1 aromatic carbocycles. The van der Waals surface area contributed by atoms with Gasteiger partial charge in [-0.15, -0.1) is 0 Å². The van der Waals surface area contributed by atoms with E-state index in [1.807, 2.05) is 0 Å². The summed E-state index contributed by atoms with van der Waals surface area (Å²) in [6.45, 7) is 2.59. The van der Waals surface area contributed by atoms with E-state index in [0.29, 0.717) is 12.1 Å². The minimum absolute atomic E-state index is 0.556. The predicted octanol–water partition coefficient (Wildman–Crippen LogP) is 2.02. The highest BCUT2D eigenvalue weighted by Gasteiger charge is 2.27. The number of halogens is 2. The molecule has 6 nitrogen and oxygen atoms in total. The third-order valence-corrected chi connectivity index (χ3v) is 3.86. The lowest BCUT2D eigenvalue weighted by molar-refractivity contribution is -0.384. The Morgan fingerprint density at radius 1 is 1.33 bits per heavy atom. The van der Waals surface area contributed by atoms with E-state index >= 15 is 0 Å². The quantitative estimate of drug-likeness (QED) is 0.675. The zero-order chi connectivity index (χ0) is 14.1. The summed E-state index contributed by atoms with van der Waals surface area (Å²) in [6, 6.07) is 1.25. The van der Waals surface area contributed by atoms with Crippen LogP contribution in [-0.2, 0) is 10.0 Å². The van der Waals surface area contributed by atoms with Crippen LogP contribution in [-0.4, -0.2) is 18.6 Å². The Hall–Kier alpha value is -1.77. The number of benzene rings is 1. The normalized spacial score (nSPS) is 11.6. The molecule has 0 saturated heterocycles. The van der Waals surface area contributed by atoms with Crippen molar-refractivity contribution >= 4 is 21.4 Å². The first-order valence-corrected chi connectivity index (χ1v) is 6.35. The highest BCUT2D eigenvalue weighted by atomic mass is 32.2. The van der Waals surface area contributed by atoms with E-state index < -0.39 is 43.2 Å². The number of nitro benzene ring substituents is 1. The average Bonchev–Trinajstić information content (AvgIpc) is 2.24. The van der Waals surface area contributed by atoms with Crippen LogP contribution in [0.2, 0.25) is 0 Å². The van der Waals surface area contributed by atoms with Gasteiger partial charge in [0.1, 0.15) is 0 Å². The van der Waals surface area contributed by atoms with Gasteiger partial charge in [-0.1, -0.05) is 0 Å². The second kappa shape index (κ2) is 4.84. The summed E-state index contributed by atoms with van der Waals surface area (Å²) in [5.41, 5.74) is -1.84. The summed E-state index contributed by atoms with van der Waals surface area (Å²) in [5.74, 6) is -2.98. The van der Waals surface area contributed by atoms with Gasteiger partial charge in [-0.3, -0.25) is 14.8 Å². The van der Waals surface area contributed by atoms with Crippen molar-refractivity contribution in [2.75, 3.05) is 4.72 Å². The van der Waals surface area contributed by atoms with Crippen LogP contribution in [0.3, 0.4) is 0 Å². The lowest BCUT2D eigenvalue weighted by Gasteiger charge is -2.11. The van der Waals surface area contributed by atoms with Gasteiger partial charge in [0.15, 0.2) is 17.3 Å². The maximum atomic E-state index is 13.4. The molecule has 0 unspecified atom stereocenters. The number of hydrogen-bond donors (Lipinski definition) is 1. The van der Waals surface area contributed by atoms with Crippen LogP contribution in [0.5, 0.6) is 0 Å². The first-order chi connectivity index (χ1) is 8.16. The zero-order valence-electron chi connectivity index (χ0n) is 9.48. The monoisotopic (exact) mass is 280 g/mol. The smallest absolute Gasteiger partial charge is 0.274 e. The number of sulfonamides is 1. The molecule has 1 rings (SSSR count). The first kappa shape index (κ1) is 14.3. The topological polar surface area (TPSA) is 89.3 Å². The number of hydrogen-bond acceptors (Lipinski definition) is 4. The summed E-state index contributed by atoms with van der Waals surface area (Å²) in [4.78, 5) is 9.62. The summed E-state index contributed by atoms with van der Waals surface area (Å²) >= 11 is 0. The van der Waals surface area contributed by atoms with Crippen LogP contribution in [0.25, 0.3) is 0 Å². The molecule has 1 aromatic rings. The molecule has 0 aromatic heterocycles. The van der Waals surface area contributed by atoms with Crippen molar-refractivity contribution in [3.05, 3.63) is 33.9 Å². The minimum atomic E-state index is -4.01. The molecule has 18 heavy (non-hydrogen) atoms. The van der Waals surface area contributed by atoms with Gasteiger partial charge < -0.3 is 0 Å². The number of rotatable bonds is 4. The molecule has 0 bridgehead atoms. The van der Waals surface area contributed by atoms with Gasteiger partial charge in [0.05, 0.1) is 10.2 Å². The van der Waals surface area contributed by atoms with E-state index in [9.17, 15) is 27.3 Å². The van der Waals surface area contributed by atoms with E-state index in [2.05, 4.69) is 0 Å². The maximum Gasteiger partial charge on any atom is 0.296 e. The van der Waals surface area contributed by atoms with Crippen molar-refractivity contribution in [3.63, 3.8) is 0 Å². The third kappa shape index (κ3) is 2.73. The van der Waals surface area contributed by atoms with Crippen molar-refractivity contribution < 1.29 is 22.1 Å². The van der Waals surface area contributed by atoms with Gasteiger partial charge in [0.2, 0.25) is 10.0 Å². The summed E-state index contributed by atoms with van der Waals surface area (Å²) in [7, 11) is -4.01. The Balaban J connectivity index is 3.39. The second-order valence-corrected chi connectivity index (χ2v) is 5.95. The van der Waals surface area contributed by atoms with E-state index in [0.717, 1.165) is 0 Å². The van der Waals surface area contributed by atoms with E-state index in [1.54, 1.807) is 4.72 Å². The molecule has 0 aliphatic carbocycles. The average molecular weight is 280 g/mol. The molecule has 0 amide bonds. The molecule has 0 radical (unpaired) electrons. The molecule has 100 valence electrons. The van der Waals surface area contributed by atoms with Crippen LogP contribution in [0.1, 0.15) is 13.8 Å². The largest absolute Gasteiger partial charge is 0.296 e. The Morgan fingerprint density at radius 2 is 1.89 bits per heavy atom. The maximum absolute atomic E-state index is 13.4. The molecule has 9 heteroatoms. The van der Waals surface area contributed by atoms with Gasteiger partial charge in [-0.25, -0.2) is 17.2 Å². The van der Waals surface area contributed by atoms with Gasteiger partial charge in [-0.2, -0.15) is 0 Å². The van der Waals surface area contributed by atoms with Crippen molar-refractivity contribution in [3.8, 4) is 0 Å². The van der Waals surface area contributed by atoms with Crippen molar-refractivity contribution in [2.45, 2.75) is 19.1 Å². The van der Waals surface area contributed by atoms with E-state index in [4.69, 9.17) is 0 Å². The summed E-state index contributed by atoms with van der Waals surface area (Å²) in [6.07, 6.45) is 0. The molecule has 0 spiro atoms. The fourth-order valence-electron chi connectivity index (χ4n) is 1.05. The number of anilines is 1. The molecule has 1 N–H and O–H groups in total. The van der Waals surface area contributed by atoms with Crippen LogP contribution in [0.15, 0.2) is 12.1 Å². The van der Waals surface area contributed by atoms with Gasteiger partial charge in [0, 0.05) is 6.07 Å². The number of nitrogens with zero attached hydrogens (tertiary/aromatic N) is 1. The number of nitro groups is 1. The van der Waals surface area contributed by atoms with Crippen molar-refractivity contribution in [1.29, 1.82) is 0 Å². The molecule has 0 atom stereocenters. The fourth-order valence-corrected chi connectivity index (χ4v) is 1.76. The highest BCUT2D eigenvalue weighted by molar-refractivity contribution is 7.93. The summed E-state index contributed by atoms with van der Waals surface area (Å²) < 4.78 is 51.1. The Morgan fingerprint density at radius 3 is 2.33 bits per heavy atom. The molecule has 0 aliphatic rings. The number of nitrogens with one attached hydrogen (secondary N) is 1. The zero-order valence-corrected chi connectivity index (χ0v) is 10.3. The minimum Gasteiger partial charge on any atom is -0.274 e. The Labute approximate surface area is 102 Å². The molecule has 0 heterocycles. The van der Waals surface area contributed by atoms with Crippen molar-refractivity contribution in [2.24, 2.45) is 0 Å². The standard InChI is InChI=1S/C9H10F2N2O4S/c1-5(2)18(16,17)12-9-7(13(14)15)4-3-6(10)8(9)11/h3-5,12H,1-2H3. The predicted molar refractivity (Wildman–Crippen MR) is 60.7 cm³/mol. The Bertz CT molecular complexity index is 586. The molecule has 0 saturated carbocycles. The SMILES string of the molecule is CC(C)S(=O)(=O)Nc1c([N+](=O)[O-])ccc(F)c1F. The van der Waals surface area contributed by atoms with E-state index in [-0.39, 0.29) is 0 Å². The van der Waals surface area contributed by atoms with Crippen LogP contribution in [0.4, 0.5) is 20.2 Å². The second-order valence-electron chi connectivity index (χ2n) is 3.71. The highest BCUT2D eigenvalue weighted by Crippen LogP contribution is 2.30. The van der Waals surface area contributed by atoms with Gasteiger partial charge >= 0.3 is 0 Å². The lowest BCUT2D eigenvalue weighted by Crippen LogP contribution is -2.23. The van der Waals surface area contributed by atoms with Crippen LogP contribution in [0, 0.1) is 21.7 Å². The van der Waals surface area contributed by atoms with Crippen LogP contribution >= 0.6 is 0 Å². The molecular formula is C9H10F2N2O4S. The third-order valence-electron chi connectivity index (χ3n) is 2.13. The van der Waals surface area contributed by atoms with Gasteiger partial charge in [0.25, 0.3) is 5.69 Å². The lowest BCUT2D eigenvalue weighted by atomic mass is 10.2. The molecule has 0 aliphatic heterocycles. The fraction of sp³-hybridized carbons (Fsp3) is 0.333.